The van der Waals surface area contributed by atoms with Crippen LogP contribution in [0.25, 0.3) is 0 Å². The molecule has 0 aliphatic rings. The first-order chi connectivity index (χ1) is 11.3. The van der Waals surface area contributed by atoms with Gasteiger partial charge in [0, 0.05) is 24.2 Å². The van der Waals surface area contributed by atoms with Gasteiger partial charge >= 0.3 is 5.97 Å². The number of anilines is 1. The average Bonchev–Trinajstić information content (AvgIpc) is 2.47. The van der Waals surface area contributed by atoms with Crippen LogP contribution in [0.3, 0.4) is 0 Å². The third-order valence-electron chi connectivity index (χ3n) is 3.11. The van der Waals surface area contributed by atoms with E-state index in [0.717, 1.165) is 5.56 Å². The topological polar surface area (TPSA) is 105 Å². The molecule has 1 aromatic carbocycles. The lowest BCUT2D eigenvalue weighted by molar-refractivity contribution is -0.142. The summed E-state index contributed by atoms with van der Waals surface area (Å²) in [6.07, 6.45) is 0.442. The van der Waals surface area contributed by atoms with E-state index < -0.39 is 5.97 Å². The van der Waals surface area contributed by atoms with E-state index in [1.54, 1.807) is 18.2 Å². The first kappa shape index (κ1) is 19.6. The van der Waals surface area contributed by atoms with Gasteiger partial charge in [-0.15, -0.1) is 0 Å². The Morgan fingerprint density at radius 1 is 1.25 bits per heavy atom. The summed E-state index contributed by atoms with van der Waals surface area (Å²) in [6.45, 7) is 5.72. The first-order valence-electron chi connectivity index (χ1n) is 7.77. The maximum Gasteiger partial charge on any atom is 0.329 e. The summed E-state index contributed by atoms with van der Waals surface area (Å²) in [6, 6.07) is 5.02. The van der Waals surface area contributed by atoms with E-state index in [-0.39, 0.29) is 37.5 Å². The lowest BCUT2D eigenvalue weighted by atomic mass is 10.1. The standard InChI is InChI=1S/C17H24N2O5/c1-11(2)8-15(20)19-14-5-4-13(9-12(14)3)17(23)18-6-7-24-10-16(21)22/h4-5,9,11H,6-8,10H2,1-3H3,(H,18,23)(H,19,20)(H,21,22). The maximum atomic E-state index is 12.0. The zero-order valence-corrected chi connectivity index (χ0v) is 14.2. The van der Waals surface area contributed by atoms with Gasteiger partial charge in [-0.25, -0.2) is 4.79 Å². The van der Waals surface area contributed by atoms with Crippen LogP contribution in [0.5, 0.6) is 0 Å². The molecule has 3 N–H and O–H groups in total. The number of carboxylic acids is 1. The van der Waals surface area contributed by atoms with E-state index in [4.69, 9.17) is 9.84 Å². The lowest BCUT2D eigenvalue weighted by Crippen LogP contribution is -2.28. The van der Waals surface area contributed by atoms with Crippen molar-refractivity contribution in [2.75, 3.05) is 25.1 Å². The van der Waals surface area contributed by atoms with Crippen LogP contribution in [0.15, 0.2) is 18.2 Å². The summed E-state index contributed by atoms with van der Waals surface area (Å²) in [5.74, 6) is -1.11. The number of rotatable bonds is 9. The summed E-state index contributed by atoms with van der Waals surface area (Å²) in [5, 5.41) is 13.9. The third kappa shape index (κ3) is 7.23. The van der Waals surface area contributed by atoms with Crippen molar-refractivity contribution < 1.29 is 24.2 Å². The number of ether oxygens (including phenoxy) is 1. The van der Waals surface area contributed by atoms with Gasteiger partial charge in [-0.1, -0.05) is 13.8 Å². The van der Waals surface area contributed by atoms with Crippen LogP contribution in [0, 0.1) is 12.8 Å². The highest BCUT2D eigenvalue weighted by Gasteiger charge is 2.10. The summed E-state index contributed by atoms with van der Waals surface area (Å²) in [5.41, 5.74) is 1.94. The van der Waals surface area contributed by atoms with Gasteiger partial charge in [-0.3, -0.25) is 9.59 Å². The Morgan fingerprint density at radius 3 is 2.54 bits per heavy atom. The highest BCUT2D eigenvalue weighted by atomic mass is 16.5. The van der Waals surface area contributed by atoms with Gasteiger partial charge in [0.1, 0.15) is 6.61 Å². The Balaban J connectivity index is 2.52. The molecular formula is C17H24N2O5. The summed E-state index contributed by atoms with van der Waals surface area (Å²) in [7, 11) is 0. The fourth-order valence-corrected chi connectivity index (χ4v) is 2.02. The number of hydrogen-bond donors (Lipinski definition) is 3. The molecule has 7 heteroatoms. The fraction of sp³-hybridized carbons (Fsp3) is 0.471. The van der Waals surface area contributed by atoms with Crippen molar-refractivity contribution in [3.8, 4) is 0 Å². The SMILES string of the molecule is Cc1cc(C(=O)NCCOCC(=O)O)ccc1NC(=O)CC(C)C. The summed E-state index contributed by atoms with van der Waals surface area (Å²) < 4.78 is 4.84. The monoisotopic (exact) mass is 336 g/mol. The van der Waals surface area contributed by atoms with Crippen LogP contribution in [0.4, 0.5) is 5.69 Å². The Labute approximate surface area is 141 Å². The number of amides is 2. The van der Waals surface area contributed by atoms with Gasteiger partial charge in [0.15, 0.2) is 0 Å². The summed E-state index contributed by atoms with van der Waals surface area (Å²) >= 11 is 0. The number of carbonyl (C=O) groups is 3. The van der Waals surface area contributed by atoms with Crippen LogP contribution in [0.1, 0.15) is 36.2 Å². The minimum absolute atomic E-state index is 0.0547. The molecule has 0 aliphatic heterocycles. The molecule has 0 spiro atoms. The van der Waals surface area contributed by atoms with E-state index >= 15 is 0 Å². The number of aryl methyl sites for hydroxylation is 1. The smallest absolute Gasteiger partial charge is 0.329 e. The van der Waals surface area contributed by atoms with Crippen LogP contribution in [-0.2, 0) is 14.3 Å². The zero-order valence-electron chi connectivity index (χ0n) is 14.2. The largest absolute Gasteiger partial charge is 0.480 e. The van der Waals surface area contributed by atoms with E-state index in [1.807, 2.05) is 20.8 Å². The van der Waals surface area contributed by atoms with Gasteiger partial charge in [-0.2, -0.15) is 0 Å². The van der Waals surface area contributed by atoms with Gasteiger partial charge in [0.25, 0.3) is 5.91 Å². The van der Waals surface area contributed by atoms with Crippen LogP contribution < -0.4 is 10.6 Å². The molecule has 2 amide bonds. The molecule has 0 bridgehead atoms. The lowest BCUT2D eigenvalue weighted by Gasteiger charge is -2.11. The second-order valence-corrected chi connectivity index (χ2v) is 5.88. The van der Waals surface area contributed by atoms with Crippen LogP contribution >= 0.6 is 0 Å². The van der Waals surface area contributed by atoms with Gasteiger partial charge in [0.05, 0.1) is 6.61 Å². The normalized spacial score (nSPS) is 10.5. The number of nitrogens with one attached hydrogen (secondary N) is 2. The zero-order chi connectivity index (χ0) is 18.1. The Hall–Kier alpha value is -2.41. The fourth-order valence-electron chi connectivity index (χ4n) is 2.02. The molecule has 1 aromatic rings. The molecule has 24 heavy (non-hydrogen) atoms. The number of hydrogen-bond acceptors (Lipinski definition) is 4. The number of carboxylic acid groups (broad SMARTS) is 1. The van der Waals surface area contributed by atoms with Crippen molar-refractivity contribution in [2.24, 2.45) is 5.92 Å². The maximum absolute atomic E-state index is 12.0. The van der Waals surface area contributed by atoms with E-state index in [9.17, 15) is 14.4 Å². The second-order valence-electron chi connectivity index (χ2n) is 5.88. The first-order valence-corrected chi connectivity index (χ1v) is 7.77. The molecule has 0 radical (unpaired) electrons. The molecule has 0 unspecified atom stereocenters. The predicted octanol–water partition coefficient (Wildman–Crippen LogP) is 1.81. The molecule has 0 saturated heterocycles. The molecule has 7 nitrogen and oxygen atoms in total. The van der Waals surface area contributed by atoms with Crippen molar-refractivity contribution >= 4 is 23.5 Å². The third-order valence-corrected chi connectivity index (χ3v) is 3.11. The number of benzene rings is 1. The van der Waals surface area contributed by atoms with E-state index in [2.05, 4.69) is 10.6 Å². The second kappa shape index (κ2) is 9.67. The molecule has 0 saturated carbocycles. The van der Waals surface area contributed by atoms with Crippen molar-refractivity contribution in [3.05, 3.63) is 29.3 Å². The molecule has 1 rings (SSSR count). The van der Waals surface area contributed by atoms with Gasteiger partial charge < -0.3 is 20.5 Å². The molecule has 0 aliphatic carbocycles. The molecule has 0 heterocycles. The Morgan fingerprint density at radius 2 is 1.96 bits per heavy atom. The van der Waals surface area contributed by atoms with Crippen molar-refractivity contribution in [1.82, 2.24) is 5.32 Å². The highest BCUT2D eigenvalue weighted by molar-refractivity contribution is 5.96. The van der Waals surface area contributed by atoms with Crippen LogP contribution in [-0.4, -0.2) is 42.6 Å². The molecule has 132 valence electrons. The Kier molecular flexibility index (Phi) is 7.91. The van der Waals surface area contributed by atoms with Gasteiger partial charge in [-0.05, 0) is 36.6 Å². The predicted molar refractivity (Wildman–Crippen MR) is 90.1 cm³/mol. The average molecular weight is 336 g/mol. The van der Waals surface area contributed by atoms with E-state index in [1.165, 1.54) is 0 Å². The van der Waals surface area contributed by atoms with Crippen molar-refractivity contribution in [2.45, 2.75) is 27.2 Å². The Bertz CT molecular complexity index is 599. The minimum atomic E-state index is -1.05. The highest BCUT2D eigenvalue weighted by Crippen LogP contribution is 2.17. The van der Waals surface area contributed by atoms with Crippen molar-refractivity contribution in [1.29, 1.82) is 0 Å². The molecular weight excluding hydrogens is 312 g/mol. The molecule has 0 aromatic heterocycles. The van der Waals surface area contributed by atoms with Crippen LogP contribution in [0.2, 0.25) is 0 Å². The molecule has 0 atom stereocenters. The number of carbonyl (C=O) groups excluding carboxylic acids is 2. The van der Waals surface area contributed by atoms with E-state index in [0.29, 0.717) is 17.7 Å². The molecule has 0 fully saturated rings. The van der Waals surface area contributed by atoms with Crippen molar-refractivity contribution in [3.63, 3.8) is 0 Å². The summed E-state index contributed by atoms with van der Waals surface area (Å²) in [4.78, 5) is 34.1. The number of aliphatic carboxylic acids is 1. The quantitative estimate of drug-likeness (QED) is 0.597. The van der Waals surface area contributed by atoms with Gasteiger partial charge in [0.2, 0.25) is 5.91 Å². The minimum Gasteiger partial charge on any atom is -0.480 e.